The Morgan fingerprint density at radius 1 is 1.10 bits per heavy atom. The maximum atomic E-state index is 11.6. The molecule has 1 fully saturated rings. The highest BCUT2D eigenvalue weighted by molar-refractivity contribution is 5.82. The summed E-state index contributed by atoms with van der Waals surface area (Å²) in [7, 11) is 0. The lowest BCUT2D eigenvalue weighted by atomic mass is 9.80. The van der Waals surface area contributed by atoms with Crippen molar-refractivity contribution in [1.82, 2.24) is 0 Å². The van der Waals surface area contributed by atoms with E-state index in [1.165, 1.54) is 0 Å². The van der Waals surface area contributed by atoms with Gasteiger partial charge < -0.3 is 40.5 Å². The van der Waals surface area contributed by atoms with Gasteiger partial charge in [-0.1, -0.05) is 0 Å². The van der Waals surface area contributed by atoms with E-state index < -0.39 is 53.2 Å². The van der Waals surface area contributed by atoms with Crippen LogP contribution in [0.2, 0.25) is 0 Å². The largest absolute Gasteiger partial charge is 0.508 e. The summed E-state index contributed by atoms with van der Waals surface area (Å²) < 4.78 is 4.78. The van der Waals surface area contributed by atoms with Gasteiger partial charge in [-0.15, -0.1) is 0 Å². The van der Waals surface area contributed by atoms with Gasteiger partial charge in [-0.25, -0.2) is 4.79 Å². The number of ether oxygens (including phenoxy) is 1. The molecule has 0 radical (unpaired) electrons. The van der Waals surface area contributed by atoms with Crippen LogP contribution in [0.15, 0.2) is 18.2 Å². The molecule has 1 saturated heterocycles. The number of rotatable bonds is 2. The van der Waals surface area contributed by atoms with Gasteiger partial charge in [0.25, 0.3) is 0 Å². The average Bonchev–Trinajstić information content (AvgIpc) is 2.43. The lowest BCUT2D eigenvalue weighted by Gasteiger charge is -2.44. The number of phenolic OH excluding ortho intramolecular Hbond substituents is 2. The van der Waals surface area contributed by atoms with E-state index in [9.17, 15) is 40.5 Å². The zero-order valence-corrected chi connectivity index (χ0v) is 10.5. The Hall–Kier alpha value is -1.91. The van der Waals surface area contributed by atoms with Gasteiger partial charge in [-0.3, -0.25) is 0 Å². The first-order chi connectivity index (χ1) is 9.71. The fraction of sp³-hybridized carbons (Fsp3) is 0.417. The molecular weight excluding hydrogens is 288 g/mol. The number of carboxylic acids is 1. The quantitative estimate of drug-likeness (QED) is 0.300. The molecule has 0 amide bonds. The third kappa shape index (κ3) is 2.20. The Morgan fingerprint density at radius 2 is 1.71 bits per heavy atom. The van der Waals surface area contributed by atoms with E-state index in [0.29, 0.717) is 0 Å². The monoisotopic (exact) mass is 302 g/mol. The molecule has 1 aromatic rings. The zero-order valence-electron chi connectivity index (χ0n) is 10.5. The van der Waals surface area contributed by atoms with Crippen LogP contribution in [-0.4, -0.2) is 66.3 Å². The van der Waals surface area contributed by atoms with Crippen LogP contribution in [0.5, 0.6) is 11.5 Å². The SMILES string of the molecule is O=C(O)C1(c2cc(O)ccc2O)OC(O)C(O)C(O)C1O. The van der Waals surface area contributed by atoms with Gasteiger partial charge in [-0.05, 0) is 18.2 Å². The van der Waals surface area contributed by atoms with Crippen molar-refractivity contribution in [3.63, 3.8) is 0 Å². The second kappa shape index (κ2) is 5.13. The predicted molar refractivity (Wildman–Crippen MR) is 64.2 cm³/mol. The molecule has 5 unspecified atom stereocenters. The molecule has 1 aromatic carbocycles. The number of carboxylic acid groups (broad SMARTS) is 1. The molecule has 9 heteroatoms. The maximum absolute atomic E-state index is 11.6. The third-order valence-corrected chi connectivity index (χ3v) is 3.39. The standard InChI is InChI=1S/C12H14O9/c13-4-1-2-6(14)5(3-4)12(11(19)20)9(17)7(15)8(16)10(18)21-12/h1-3,7-10,13-18H,(H,19,20). The highest BCUT2D eigenvalue weighted by Crippen LogP contribution is 2.43. The van der Waals surface area contributed by atoms with Crippen LogP contribution in [-0.2, 0) is 15.1 Å². The molecule has 1 aliphatic rings. The number of hydrogen-bond acceptors (Lipinski definition) is 8. The Labute approximate surface area is 117 Å². The Balaban J connectivity index is 2.66. The molecular formula is C12H14O9. The summed E-state index contributed by atoms with van der Waals surface area (Å²) in [5.41, 5.74) is -3.34. The number of hydrogen-bond donors (Lipinski definition) is 7. The number of phenols is 2. The van der Waals surface area contributed by atoms with Crippen LogP contribution in [0.4, 0.5) is 0 Å². The van der Waals surface area contributed by atoms with E-state index in [0.717, 1.165) is 18.2 Å². The highest BCUT2D eigenvalue weighted by Gasteiger charge is 2.60. The predicted octanol–water partition coefficient (Wildman–Crippen LogP) is -2.19. The van der Waals surface area contributed by atoms with Gasteiger partial charge in [0, 0.05) is 5.56 Å². The molecule has 1 aliphatic heterocycles. The third-order valence-electron chi connectivity index (χ3n) is 3.39. The normalized spacial score (nSPS) is 36.4. The van der Waals surface area contributed by atoms with E-state index >= 15 is 0 Å². The minimum atomic E-state index is -2.76. The summed E-state index contributed by atoms with van der Waals surface area (Å²) in [6.45, 7) is 0. The number of aromatic hydroxyl groups is 2. The Kier molecular flexibility index (Phi) is 3.78. The second-order valence-electron chi connectivity index (χ2n) is 4.68. The Bertz CT molecular complexity index is 560. The molecule has 0 bridgehead atoms. The van der Waals surface area contributed by atoms with Gasteiger partial charge in [-0.2, -0.15) is 0 Å². The van der Waals surface area contributed by atoms with Crippen molar-refractivity contribution < 1.29 is 45.3 Å². The maximum Gasteiger partial charge on any atom is 0.343 e. The molecule has 0 spiro atoms. The topological polar surface area (TPSA) is 168 Å². The minimum absolute atomic E-state index is 0.436. The molecule has 0 saturated carbocycles. The van der Waals surface area contributed by atoms with E-state index in [1.54, 1.807) is 0 Å². The number of aliphatic carboxylic acids is 1. The van der Waals surface area contributed by atoms with Crippen molar-refractivity contribution in [2.75, 3.05) is 0 Å². The average molecular weight is 302 g/mol. The molecule has 0 aromatic heterocycles. The number of aliphatic hydroxyl groups excluding tert-OH is 4. The number of aliphatic hydroxyl groups is 4. The van der Waals surface area contributed by atoms with Crippen molar-refractivity contribution in [3.05, 3.63) is 23.8 Å². The first kappa shape index (κ1) is 15.5. The summed E-state index contributed by atoms with van der Waals surface area (Å²) >= 11 is 0. The van der Waals surface area contributed by atoms with Crippen LogP contribution >= 0.6 is 0 Å². The van der Waals surface area contributed by atoms with Crippen LogP contribution in [0.25, 0.3) is 0 Å². The van der Waals surface area contributed by atoms with Crippen molar-refractivity contribution >= 4 is 5.97 Å². The van der Waals surface area contributed by atoms with Gasteiger partial charge in [0.2, 0.25) is 5.60 Å². The fourth-order valence-corrected chi connectivity index (χ4v) is 2.26. The molecule has 7 N–H and O–H groups in total. The summed E-state index contributed by atoms with van der Waals surface area (Å²) in [6, 6.07) is 2.82. The molecule has 116 valence electrons. The van der Waals surface area contributed by atoms with Crippen LogP contribution in [0.3, 0.4) is 0 Å². The van der Waals surface area contributed by atoms with E-state index in [-0.39, 0.29) is 0 Å². The van der Waals surface area contributed by atoms with Gasteiger partial charge in [0.05, 0.1) is 0 Å². The van der Waals surface area contributed by atoms with E-state index in [4.69, 9.17) is 4.74 Å². The summed E-state index contributed by atoms with van der Waals surface area (Å²) in [5.74, 6) is -2.92. The summed E-state index contributed by atoms with van der Waals surface area (Å²) in [5, 5.41) is 67.2. The van der Waals surface area contributed by atoms with Crippen molar-refractivity contribution in [1.29, 1.82) is 0 Å². The fourth-order valence-electron chi connectivity index (χ4n) is 2.26. The first-order valence-corrected chi connectivity index (χ1v) is 5.87. The van der Waals surface area contributed by atoms with Gasteiger partial charge in [0.1, 0.15) is 29.8 Å². The van der Waals surface area contributed by atoms with Crippen molar-refractivity contribution in [2.45, 2.75) is 30.2 Å². The minimum Gasteiger partial charge on any atom is -0.508 e. The van der Waals surface area contributed by atoms with E-state index in [2.05, 4.69) is 0 Å². The van der Waals surface area contributed by atoms with Gasteiger partial charge >= 0.3 is 5.97 Å². The van der Waals surface area contributed by atoms with Crippen LogP contribution in [0.1, 0.15) is 5.56 Å². The summed E-state index contributed by atoms with van der Waals surface area (Å²) in [6.07, 6.45) is -8.32. The number of benzene rings is 1. The van der Waals surface area contributed by atoms with Crippen LogP contribution < -0.4 is 0 Å². The first-order valence-electron chi connectivity index (χ1n) is 5.87. The molecule has 2 rings (SSSR count). The highest BCUT2D eigenvalue weighted by atomic mass is 16.7. The lowest BCUT2D eigenvalue weighted by molar-refractivity contribution is -0.319. The molecule has 5 atom stereocenters. The zero-order chi connectivity index (χ0) is 15.9. The lowest BCUT2D eigenvalue weighted by Crippen LogP contribution is -2.65. The van der Waals surface area contributed by atoms with Gasteiger partial charge in [0.15, 0.2) is 6.29 Å². The number of carbonyl (C=O) groups is 1. The van der Waals surface area contributed by atoms with Crippen LogP contribution in [0, 0.1) is 0 Å². The van der Waals surface area contributed by atoms with Crippen molar-refractivity contribution in [2.24, 2.45) is 0 Å². The molecule has 9 nitrogen and oxygen atoms in total. The molecule has 1 heterocycles. The second-order valence-corrected chi connectivity index (χ2v) is 4.68. The summed E-state index contributed by atoms with van der Waals surface area (Å²) in [4.78, 5) is 11.6. The smallest absolute Gasteiger partial charge is 0.343 e. The molecule has 0 aliphatic carbocycles. The molecule has 21 heavy (non-hydrogen) atoms. The van der Waals surface area contributed by atoms with E-state index in [1.807, 2.05) is 0 Å². The Morgan fingerprint density at radius 3 is 2.29 bits per heavy atom. The van der Waals surface area contributed by atoms with Crippen molar-refractivity contribution in [3.8, 4) is 11.5 Å².